The SMILES string of the molecule is CCC(C)N(CC(=O)NO)C(=O)CN(Cc1ccccc1)C(=O)Nc1cccc2ccccc12. The van der Waals surface area contributed by atoms with Crippen molar-refractivity contribution in [1.29, 1.82) is 0 Å². The molecule has 0 aromatic heterocycles. The van der Waals surface area contributed by atoms with Crippen molar-refractivity contribution in [3.63, 3.8) is 0 Å². The van der Waals surface area contributed by atoms with Gasteiger partial charge in [-0.3, -0.25) is 14.8 Å². The number of urea groups is 1. The normalized spacial score (nSPS) is 11.5. The van der Waals surface area contributed by atoms with Crippen LogP contribution in [0.15, 0.2) is 72.8 Å². The number of rotatable bonds is 9. The van der Waals surface area contributed by atoms with Crippen molar-refractivity contribution in [2.75, 3.05) is 18.4 Å². The first-order valence-electron chi connectivity index (χ1n) is 11.2. The van der Waals surface area contributed by atoms with E-state index in [2.05, 4.69) is 5.32 Å². The maximum absolute atomic E-state index is 13.4. The minimum atomic E-state index is -0.691. The summed E-state index contributed by atoms with van der Waals surface area (Å²) in [6.07, 6.45) is 0.616. The van der Waals surface area contributed by atoms with Gasteiger partial charge in [0.15, 0.2) is 0 Å². The van der Waals surface area contributed by atoms with E-state index in [1.165, 1.54) is 9.80 Å². The van der Waals surface area contributed by atoms with E-state index in [0.29, 0.717) is 12.1 Å². The third-order valence-electron chi connectivity index (χ3n) is 5.74. The van der Waals surface area contributed by atoms with Gasteiger partial charge in [-0.2, -0.15) is 0 Å². The fourth-order valence-corrected chi connectivity index (χ4v) is 3.69. The number of carbonyl (C=O) groups excluding carboxylic acids is 3. The number of hydroxylamine groups is 1. The van der Waals surface area contributed by atoms with Crippen molar-refractivity contribution in [1.82, 2.24) is 15.3 Å². The summed E-state index contributed by atoms with van der Waals surface area (Å²) in [6, 6.07) is 22.1. The van der Waals surface area contributed by atoms with Gasteiger partial charge in [-0.05, 0) is 30.4 Å². The molecule has 0 spiro atoms. The van der Waals surface area contributed by atoms with Crippen LogP contribution in [0, 0.1) is 0 Å². The molecular weight excluding hydrogens is 432 g/mol. The lowest BCUT2D eigenvalue weighted by atomic mass is 10.1. The van der Waals surface area contributed by atoms with Crippen LogP contribution in [-0.2, 0) is 16.1 Å². The smallest absolute Gasteiger partial charge is 0.322 e. The monoisotopic (exact) mass is 462 g/mol. The Labute approximate surface area is 199 Å². The molecule has 0 saturated heterocycles. The van der Waals surface area contributed by atoms with Gasteiger partial charge >= 0.3 is 6.03 Å². The highest BCUT2D eigenvalue weighted by molar-refractivity contribution is 6.02. The van der Waals surface area contributed by atoms with Gasteiger partial charge in [0.2, 0.25) is 5.91 Å². The topological polar surface area (TPSA) is 102 Å². The van der Waals surface area contributed by atoms with Gasteiger partial charge in [-0.1, -0.05) is 73.7 Å². The number of fused-ring (bicyclic) bond motifs is 1. The lowest BCUT2D eigenvalue weighted by molar-refractivity contribution is -0.141. The van der Waals surface area contributed by atoms with E-state index in [1.54, 1.807) is 5.48 Å². The van der Waals surface area contributed by atoms with Gasteiger partial charge in [-0.25, -0.2) is 10.3 Å². The number of carbonyl (C=O) groups is 3. The third kappa shape index (κ3) is 6.32. The molecule has 0 heterocycles. The summed E-state index contributed by atoms with van der Waals surface area (Å²) in [5.74, 6) is -1.08. The largest absolute Gasteiger partial charge is 0.329 e. The predicted molar refractivity (Wildman–Crippen MR) is 131 cm³/mol. The summed E-state index contributed by atoms with van der Waals surface area (Å²) < 4.78 is 0. The first-order valence-corrected chi connectivity index (χ1v) is 11.2. The van der Waals surface area contributed by atoms with Gasteiger partial charge in [0.25, 0.3) is 5.91 Å². The molecule has 4 amide bonds. The predicted octanol–water partition coefficient (Wildman–Crippen LogP) is 4.01. The zero-order valence-corrected chi connectivity index (χ0v) is 19.4. The molecule has 0 aliphatic rings. The molecule has 3 N–H and O–H groups in total. The maximum Gasteiger partial charge on any atom is 0.322 e. The number of amides is 4. The Morgan fingerprint density at radius 1 is 0.912 bits per heavy atom. The van der Waals surface area contributed by atoms with Crippen molar-refractivity contribution in [2.45, 2.75) is 32.9 Å². The Morgan fingerprint density at radius 3 is 2.29 bits per heavy atom. The second-order valence-electron chi connectivity index (χ2n) is 8.11. The van der Waals surface area contributed by atoms with Crippen molar-refractivity contribution in [2.24, 2.45) is 0 Å². The van der Waals surface area contributed by atoms with E-state index in [0.717, 1.165) is 16.3 Å². The molecule has 8 heteroatoms. The Hall–Kier alpha value is -3.91. The van der Waals surface area contributed by atoms with Crippen LogP contribution in [0.3, 0.4) is 0 Å². The highest BCUT2D eigenvalue weighted by atomic mass is 16.5. The summed E-state index contributed by atoms with van der Waals surface area (Å²) >= 11 is 0. The number of hydrogen-bond donors (Lipinski definition) is 3. The lowest BCUT2D eigenvalue weighted by Gasteiger charge is -2.31. The Kier molecular flexibility index (Phi) is 8.59. The first kappa shape index (κ1) is 24.7. The lowest BCUT2D eigenvalue weighted by Crippen LogP contribution is -2.50. The molecule has 8 nitrogen and oxygen atoms in total. The van der Waals surface area contributed by atoms with Crippen LogP contribution in [0.1, 0.15) is 25.8 Å². The zero-order valence-electron chi connectivity index (χ0n) is 19.4. The number of anilines is 1. The van der Waals surface area contributed by atoms with Crippen LogP contribution in [0.5, 0.6) is 0 Å². The molecule has 0 aliphatic carbocycles. The molecule has 3 aromatic carbocycles. The molecule has 3 rings (SSSR count). The zero-order chi connectivity index (χ0) is 24.5. The van der Waals surface area contributed by atoms with Crippen LogP contribution >= 0.6 is 0 Å². The third-order valence-corrected chi connectivity index (χ3v) is 5.74. The maximum atomic E-state index is 13.4. The molecule has 1 atom stereocenters. The number of nitrogens with one attached hydrogen (secondary N) is 2. The molecule has 0 radical (unpaired) electrons. The molecule has 0 saturated carbocycles. The fourth-order valence-electron chi connectivity index (χ4n) is 3.69. The van der Waals surface area contributed by atoms with Crippen molar-refractivity contribution in [3.8, 4) is 0 Å². The summed E-state index contributed by atoms with van der Waals surface area (Å²) in [5.41, 5.74) is 3.08. The van der Waals surface area contributed by atoms with E-state index in [1.807, 2.05) is 86.6 Å². The van der Waals surface area contributed by atoms with Crippen LogP contribution in [0.25, 0.3) is 10.8 Å². The van der Waals surface area contributed by atoms with E-state index in [9.17, 15) is 14.4 Å². The molecule has 0 bridgehead atoms. The van der Waals surface area contributed by atoms with E-state index in [-0.39, 0.29) is 31.6 Å². The summed E-state index contributed by atoms with van der Waals surface area (Å²) in [7, 11) is 0. The Balaban J connectivity index is 1.85. The molecule has 0 fully saturated rings. The van der Waals surface area contributed by atoms with Crippen LogP contribution in [0.4, 0.5) is 10.5 Å². The number of nitrogens with zero attached hydrogens (tertiary/aromatic N) is 2. The van der Waals surface area contributed by atoms with Crippen LogP contribution in [0.2, 0.25) is 0 Å². The van der Waals surface area contributed by atoms with Gasteiger partial charge in [0.1, 0.15) is 13.1 Å². The Morgan fingerprint density at radius 2 is 1.59 bits per heavy atom. The van der Waals surface area contributed by atoms with Gasteiger partial charge < -0.3 is 15.1 Å². The summed E-state index contributed by atoms with van der Waals surface area (Å²) in [5, 5.41) is 13.7. The van der Waals surface area contributed by atoms with Crippen molar-refractivity contribution >= 4 is 34.3 Å². The summed E-state index contributed by atoms with van der Waals surface area (Å²) in [6.45, 7) is 3.41. The highest BCUT2D eigenvalue weighted by Gasteiger charge is 2.26. The molecule has 3 aromatic rings. The fraction of sp³-hybridized carbons (Fsp3) is 0.269. The quantitative estimate of drug-likeness (QED) is 0.330. The summed E-state index contributed by atoms with van der Waals surface area (Å²) in [4.78, 5) is 41.1. The number of hydrogen-bond acceptors (Lipinski definition) is 4. The van der Waals surface area contributed by atoms with E-state index in [4.69, 9.17) is 5.21 Å². The van der Waals surface area contributed by atoms with E-state index >= 15 is 0 Å². The van der Waals surface area contributed by atoms with Gasteiger partial charge in [-0.15, -0.1) is 0 Å². The minimum Gasteiger partial charge on any atom is -0.329 e. The van der Waals surface area contributed by atoms with Crippen LogP contribution < -0.4 is 10.8 Å². The van der Waals surface area contributed by atoms with Crippen LogP contribution in [-0.4, -0.2) is 52.0 Å². The average molecular weight is 463 g/mol. The first-order chi connectivity index (χ1) is 16.4. The average Bonchev–Trinajstić information content (AvgIpc) is 2.87. The molecular formula is C26H30N4O4. The molecule has 178 valence electrons. The minimum absolute atomic E-state index is 0.212. The molecule has 34 heavy (non-hydrogen) atoms. The highest BCUT2D eigenvalue weighted by Crippen LogP contribution is 2.23. The van der Waals surface area contributed by atoms with Gasteiger partial charge in [0.05, 0.1) is 5.69 Å². The Bertz CT molecular complexity index is 1130. The van der Waals surface area contributed by atoms with E-state index < -0.39 is 11.9 Å². The van der Waals surface area contributed by atoms with Crippen molar-refractivity contribution < 1.29 is 19.6 Å². The van der Waals surface area contributed by atoms with Crippen molar-refractivity contribution in [3.05, 3.63) is 78.4 Å². The second kappa shape index (κ2) is 11.8. The second-order valence-corrected chi connectivity index (χ2v) is 8.11. The standard InChI is InChI=1S/C26H30N4O4/c1-3-19(2)30(17-24(31)28-34)25(32)18-29(16-20-10-5-4-6-11-20)26(33)27-23-15-9-13-21-12-7-8-14-22(21)23/h4-15,19,34H,3,16-18H2,1-2H3,(H,27,33)(H,28,31). The number of benzene rings is 3. The molecule has 0 aliphatic heterocycles. The van der Waals surface area contributed by atoms with Gasteiger partial charge in [0, 0.05) is 18.0 Å². The molecule has 1 unspecified atom stereocenters.